The molecule has 14 heavy (non-hydrogen) atoms. The molecule has 0 aromatic rings. The summed E-state index contributed by atoms with van der Waals surface area (Å²) in [5.41, 5.74) is 0. The lowest BCUT2D eigenvalue weighted by Crippen LogP contribution is -2.18. The number of hydrogen-bond donors (Lipinski definition) is 0. The van der Waals surface area contributed by atoms with E-state index in [1.807, 2.05) is 0 Å². The van der Waals surface area contributed by atoms with Crippen molar-refractivity contribution in [2.75, 3.05) is 0 Å². The molecule has 78 valence electrons. The third kappa shape index (κ3) is 1.92. The average molecular weight is 192 g/mol. The van der Waals surface area contributed by atoms with Crippen molar-refractivity contribution >= 4 is 5.78 Å². The van der Waals surface area contributed by atoms with Gasteiger partial charge in [-0.2, -0.15) is 0 Å². The Morgan fingerprint density at radius 2 is 2.14 bits per heavy atom. The zero-order valence-electron chi connectivity index (χ0n) is 9.04. The Morgan fingerprint density at radius 1 is 1.29 bits per heavy atom. The molecule has 3 atom stereocenters. The van der Waals surface area contributed by atoms with Gasteiger partial charge in [-0.15, -0.1) is 0 Å². The standard InChI is InChI=1S/C13H20O/c1-2-3-4-5-13(14)12-9-10-6-7-11(12)8-10/h6-7,10-12H,2-5,8-9H2,1H3/t10-,11+,12+/m1/s1. The fraction of sp³-hybridized carbons (Fsp3) is 0.769. The van der Waals surface area contributed by atoms with E-state index in [9.17, 15) is 4.79 Å². The van der Waals surface area contributed by atoms with Crippen LogP contribution in [0, 0.1) is 17.8 Å². The summed E-state index contributed by atoms with van der Waals surface area (Å²) >= 11 is 0. The van der Waals surface area contributed by atoms with E-state index in [1.54, 1.807) is 0 Å². The maximum Gasteiger partial charge on any atom is 0.136 e. The molecule has 2 rings (SSSR count). The number of allylic oxidation sites excluding steroid dienone is 2. The van der Waals surface area contributed by atoms with Crippen LogP contribution in [0.4, 0.5) is 0 Å². The second-order valence-electron chi connectivity index (χ2n) is 4.81. The zero-order chi connectivity index (χ0) is 9.97. The molecule has 1 fully saturated rings. The molecule has 0 heterocycles. The number of ketones is 1. The van der Waals surface area contributed by atoms with Gasteiger partial charge in [0.2, 0.25) is 0 Å². The lowest BCUT2D eigenvalue weighted by Gasteiger charge is -2.16. The first-order valence-electron chi connectivity index (χ1n) is 6.02. The maximum absolute atomic E-state index is 11.9. The van der Waals surface area contributed by atoms with Gasteiger partial charge in [-0.05, 0) is 31.1 Å². The van der Waals surface area contributed by atoms with Crippen LogP contribution in [-0.4, -0.2) is 5.78 Å². The van der Waals surface area contributed by atoms with Gasteiger partial charge in [0.05, 0.1) is 0 Å². The predicted molar refractivity (Wildman–Crippen MR) is 58.0 cm³/mol. The van der Waals surface area contributed by atoms with Crippen LogP contribution in [0.3, 0.4) is 0 Å². The van der Waals surface area contributed by atoms with E-state index in [0.29, 0.717) is 17.6 Å². The Hall–Kier alpha value is -0.590. The Kier molecular flexibility index (Phi) is 3.05. The lowest BCUT2D eigenvalue weighted by atomic mass is 9.87. The van der Waals surface area contributed by atoms with Crippen LogP contribution in [0.1, 0.15) is 45.4 Å². The maximum atomic E-state index is 11.9. The van der Waals surface area contributed by atoms with Crippen LogP contribution in [0.5, 0.6) is 0 Å². The average Bonchev–Trinajstić information content (AvgIpc) is 2.79. The fourth-order valence-electron chi connectivity index (χ4n) is 2.89. The van der Waals surface area contributed by atoms with Crippen molar-refractivity contribution in [1.29, 1.82) is 0 Å². The molecule has 2 aliphatic carbocycles. The van der Waals surface area contributed by atoms with Crippen molar-refractivity contribution in [1.82, 2.24) is 0 Å². The molecule has 2 bridgehead atoms. The molecule has 0 N–H and O–H groups in total. The van der Waals surface area contributed by atoms with E-state index in [1.165, 1.54) is 19.3 Å². The molecular weight excluding hydrogens is 172 g/mol. The Balaban J connectivity index is 1.79. The van der Waals surface area contributed by atoms with E-state index < -0.39 is 0 Å². The highest BCUT2D eigenvalue weighted by Crippen LogP contribution is 2.44. The highest BCUT2D eigenvalue weighted by atomic mass is 16.1. The largest absolute Gasteiger partial charge is 0.299 e. The summed E-state index contributed by atoms with van der Waals surface area (Å²) in [5, 5.41) is 0. The van der Waals surface area contributed by atoms with Crippen LogP contribution >= 0.6 is 0 Å². The minimum atomic E-state index is 0.391. The summed E-state index contributed by atoms with van der Waals surface area (Å²) in [4.78, 5) is 11.9. The van der Waals surface area contributed by atoms with Gasteiger partial charge >= 0.3 is 0 Å². The van der Waals surface area contributed by atoms with Gasteiger partial charge in [0.25, 0.3) is 0 Å². The molecule has 1 heteroatoms. The highest BCUT2D eigenvalue weighted by Gasteiger charge is 2.38. The van der Waals surface area contributed by atoms with Gasteiger partial charge in [-0.25, -0.2) is 0 Å². The first-order valence-corrected chi connectivity index (χ1v) is 6.02. The Labute approximate surface area is 86.6 Å². The first kappa shape index (κ1) is 9.95. The summed E-state index contributed by atoms with van der Waals surface area (Å²) in [6.45, 7) is 2.19. The monoisotopic (exact) mass is 192 g/mol. The summed E-state index contributed by atoms with van der Waals surface area (Å²) in [6, 6.07) is 0. The molecule has 0 saturated heterocycles. The number of carbonyl (C=O) groups excluding carboxylic acids is 1. The zero-order valence-corrected chi connectivity index (χ0v) is 9.04. The molecule has 0 amide bonds. The second kappa shape index (κ2) is 4.29. The predicted octanol–water partition coefficient (Wildman–Crippen LogP) is 3.35. The third-order valence-electron chi connectivity index (χ3n) is 3.72. The van der Waals surface area contributed by atoms with Crippen molar-refractivity contribution in [3.8, 4) is 0 Å². The van der Waals surface area contributed by atoms with E-state index in [0.717, 1.165) is 25.2 Å². The summed E-state index contributed by atoms with van der Waals surface area (Å²) in [6.07, 6.45) is 11.3. The number of unbranched alkanes of at least 4 members (excludes halogenated alkanes) is 2. The van der Waals surface area contributed by atoms with Crippen LogP contribution in [0.2, 0.25) is 0 Å². The first-order chi connectivity index (χ1) is 6.81. The molecule has 2 aliphatic rings. The van der Waals surface area contributed by atoms with Crippen LogP contribution < -0.4 is 0 Å². The van der Waals surface area contributed by atoms with Gasteiger partial charge in [0.15, 0.2) is 0 Å². The Morgan fingerprint density at radius 3 is 2.71 bits per heavy atom. The quantitative estimate of drug-likeness (QED) is 0.482. The van der Waals surface area contributed by atoms with E-state index in [-0.39, 0.29) is 0 Å². The lowest BCUT2D eigenvalue weighted by molar-refractivity contribution is -0.123. The normalized spacial score (nSPS) is 33.9. The molecule has 0 radical (unpaired) electrons. The molecule has 0 unspecified atom stereocenters. The van der Waals surface area contributed by atoms with E-state index in [4.69, 9.17) is 0 Å². The summed E-state index contributed by atoms with van der Waals surface area (Å²) in [5.74, 6) is 2.27. The van der Waals surface area contributed by atoms with Gasteiger partial charge in [0, 0.05) is 12.3 Å². The second-order valence-corrected chi connectivity index (χ2v) is 4.81. The smallest absolute Gasteiger partial charge is 0.136 e. The van der Waals surface area contributed by atoms with Gasteiger partial charge in [-0.1, -0.05) is 31.9 Å². The van der Waals surface area contributed by atoms with Crippen molar-refractivity contribution in [2.24, 2.45) is 17.8 Å². The molecule has 0 aromatic carbocycles. The van der Waals surface area contributed by atoms with Crippen molar-refractivity contribution in [2.45, 2.75) is 45.4 Å². The van der Waals surface area contributed by atoms with Crippen molar-refractivity contribution in [3.63, 3.8) is 0 Å². The summed E-state index contributed by atoms with van der Waals surface area (Å²) < 4.78 is 0. The molecule has 1 saturated carbocycles. The SMILES string of the molecule is CCCCCC(=O)[C@H]1C[C@@H]2C=C[C@H]1C2. The van der Waals surface area contributed by atoms with E-state index >= 15 is 0 Å². The van der Waals surface area contributed by atoms with E-state index in [2.05, 4.69) is 19.1 Å². The minimum absolute atomic E-state index is 0.391. The summed E-state index contributed by atoms with van der Waals surface area (Å²) in [7, 11) is 0. The number of carbonyl (C=O) groups is 1. The minimum Gasteiger partial charge on any atom is -0.299 e. The van der Waals surface area contributed by atoms with Crippen LogP contribution in [0.25, 0.3) is 0 Å². The van der Waals surface area contributed by atoms with Gasteiger partial charge in [-0.3, -0.25) is 4.79 Å². The van der Waals surface area contributed by atoms with Crippen LogP contribution in [-0.2, 0) is 4.79 Å². The number of fused-ring (bicyclic) bond motifs is 2. The molecule has 0 aliphatic heterocycles. The number of Topliss-reactive ketones (excluding diaryl/α,β-unsaturated/α-hetero) is 1. The van der Waals surface area contributed by atoms with Gasteiger partial charge in [0.1, 0.15) is 5.78 Å². The number of hydrogen-bond acceptors (Lipinski definition) is 1. The fourth-order valence-corrected chi connectivity index (χ4v) is 2.89. The van der Waals surface area contributed by atoms with Gasteiger partial charge < -0.3 is 0 Å². The number of rotatable bonds is 5. The Bertz CT molecular complexity index is 242. The topological polar surface area (TPSA) is 17.1 Å². The highest BCUT2D eigenvalue weighted by molar-refractivity contribution is 5.82. The molecular formula is C13H20O. The van der Waals surface area contributed by atoms with Crippen molar-refractivity contribution < 1.29 is 4.79 Å². The molecule has 1 nitrogen and oxygen atoms in total. The third-order valence-corrected chi connectivity index (χ3v) is 3.72. The molecule has 0 aromatic heterocycles. The van der Waals surface area contributed by atoms with Crippen LogP contribution in [0.15, 0.2) is 12.2 Å². The molecule has 0 spiro atoms. The van der Waals surface area contributed by atoms with Crippen molar-refractivity contribution in [3.05, 3.63) is 12.2 Å².